The third-order valence-electron chi connectivity index (χ3n) is 5.21. The minimum absolute atomic E-state index is 0.273. The van der Waals surface area contributed by atoms with E-state index in [1.807, 2.05) is 24.3 Å². The van der Waals surface area contributed by atoms with Gasteiger partial charge in [0.25, 0.3) is 0 Å². The summed E-state index contributed by atoms with van der Waals surface area (Å²) in [4.78, 5) is 36.8. The molecular weight excluding hydrogens is 416 g/mol. The molecule has 0 heterocycles. The van der Waals surface area contributed by atoms with Gasteiger partial charge in [-0.05, 0) is 73.2 Å². The molecule has 0 aliphatic heterocycles. The van der Waals surface area contributed by atoms with Crippen LogP contribution in [0, 0.1) is 0 Å². The van der Waals surface area contributed by atoms with Crippen molar-refractivity contribution in [2.45, 2.75) is 39.0 Å². The number of unbranched alkanes of at least 4 members (excludes halogenated alkanes) is 1. The average molecular weight is 445 g/mol. The Morgan fingerprint density at radius 3 is 2.00 bits per heavy atom. The van der Waals surface area contributed by atoms with E-state index in [0.717, 1.165) is 30.4 Å². The number of carbonyl (C=O) groups excluding carboxylic acids is 3. The predicted molar refractivity (Wildman–Crippen MR) is 126 cm³/mol. The lowest BCUT2D eigenvalue weighted by Gasteiger charge is -2.07. The first-order valence-corrected chi connectivity index (χ1v) is 11.2. The number of benzene rings is 3. The topological polar surface area (TPSA) is 69.7 Å². The molecule has 0 saturated heterocycles. The van der Waals surface area contributed by atoms with Gasteiger partial charge < -0.3 is 9.47 Å². The van der Waals surface area contributed by atoms with E-state index in [2.05, 4.69) is 6.92 Å². The van der Waals surface area contributed by atoms with Gasteiger partial charge in [0.15, 0.2) is 0 Å². The lowest BCUT2D eigenvalue weighted by Crippen LogP contribution is -2.13. The maximum Gasteiger partial charge on any atom is 0.346 e. The van der Waals surface area contributed by atoms with Crippen LogP contribution in [0.25, 0.3) is 0 Å². The third kappa shape index (κ3) is 7.42. The van der Waals surface area contributed by atoms with Crippen LogP contribution in [-0.2, 0) is 22.3 Å². The summed E-state index contributed by atoms with van der Waals surface area (Å²) in [6.07, 6.45) is 4.39. The molecule has 0 bridgehead atoms. The number of carbonyl (C=O) groups is 3. The second-order valence-corrected chi connectivity index (χ2v) is 7.78. The van der Waals surface area contributed by atoms with Crippen molar-refractivity contribution in [1.29, 1.82) is 0 Å². The molecule has 0 unspecified atom stereocenters. The second-order valence-electron chi connectivity index (χ2n) is 7.78. The zero-order valence-electron chi connectivity index (χ0n) is 18.8. The van der Waals surface area contributed by atoms with Crippen LogP contribution in [0.5, 0.6) is 0 Å². The van der Waals surface area contributed by atoms with E-state index >= 15 is 0 Å². The number of hydrogen-bond donors (Lipinski definition) is 0. The van der Waals surface area contributed by atoms with Crippen molar-refractivity contribution in [3.05, 3.63) is 107 Å². The van der Waals surface area contributed by atoms with Crippen LogP contribution in [0.3, 0.4) is 0 Å². The van der Waals surface area contributed by atoms with Crippen LogP contribution in [-0.4, -0.2) is 24.5 Å². The Labute approximate surface area is 194 Å². The summed E-state index contributed by atoms with van der Waals surface area (Å²) in [5.41, 5.74) is 3.22. The minimum Gasteiger partial charge on any atom is -0.462 e. The van der Waals surface area contributed by atoms with Gasteiger partial charge in [-0.15, -0.1) is 0 Å². The fourth-order valence-corrected chi connectivity index (χ4v) is 3.34. The first-order chi connectivity index (χ1) is 16.1. The van der Waals surface area contributed by atoms with E-state index in [0.29, 0.717) is 29.5 Å². The van der Waals surface area contributed by atoms with Crippen LogP contribution in [0.4, 0.5) is 0 Å². The van der Waals surface area contributed by atoms with Gasteiger partial charge in [0.1, 0.15) is 0 Å². The van der Waals surface area contributed by atoms with Crippen molar-refractivity contribution >= 4 is 17.9 Å². The number of aryl methyl sites for hydroxylation is 2. The van der Waals surface area contributed by atoms with E-state index in [9.17, 15) is 14.4 Å². The number of hydrogen-bond acceptors (Lipinski definition) is 5. The Bertz CT molecular complexity index is 1070. The molecule has 170 valence electrons. The largest absolute Gasteiger partial charge is 0.462 e. The first kappa shape index (κ1) is 23.9. The summed E-state index contributed by atoms with van der Waals surface area (Å²) >= 11 is 0. The minimum atomic E-state index is -0.688. The van der Waals surface area contributed by atoms with Crippen LogP contribution in [0.2, 0.25) is 0 Å². The Kier molecular flexibility index (Phi) is 8.95. The summed E-state index contributed by atoms with van der Waals surface area (Å²) in [6, 6.07) is 22.9. The van der Waals surface area contributed by atoms with Crippen LogP contribution < -0.4 is 0 Å². The van der Waals surface area contributed by atoms with Gasteiger partial charge in [-0.3, -0.25) is 0 Å². The van der Waals surface area contributed by atoms with E-state index in [4.69, 9.17) is 9.47 Å². The van der Waals surface area contributed by atoms with Crippen molar-refractivity contribution in [2.75, 3.05) is 6.61 Å². The summed E-state index contributed by atoms with van der Waals surface area (Å²) in [5.74, 6) is -1.71. The molecule has 0 atom stereocenters. The molecule has 3 aromatic carbocycles. The van der Waals surface area contributed by atoms with Gasteiger partial charge in [0.05, 0.1) is 23.3 Å². The molecule has 0 aliphatic rings. The molecule has 5 heteroatoms. The molecule has 0 radical (unpaired) electrons. The summed E-state index contributed by atoms with van der Waals surface area (Å²) in [5, 5.41) is 0. The Balaban J connectivity index is 1.48. The standard InChI is InChI=1S/C28H28O5/c1-2-3-9-21-15-17-24(18-16-21)27(30)33-28(31)25-14-7-10-22(20-25)11-8-19-32-26(29)23-12-5-4-6-13-23/h4-7,10,12-18,20H,2-3,8-9,11,19H2,1H3. The quantitative estimate of drug-likeness (QED) is 0.224. The van der Waals surface area contributed by atoms with E-state index in [1.54, 1.807) is 54.6 Å². The molecule has 3 aromatic rings. The highest BCUT2D eigenvalue weighted by Gasteiger charge is 2.15. The van der Waals surface area contributed by atoms with E-state index < -0.39 is 11.9 Å². The zero-order valence-corrected chi connectivity index (χ0v) is 18.8. The second kappa shape index (κ2) is 12.3. The third-order valence-corrected chi connectivity index (χ3v) is 5.21. The summed E-state index contributed by atoms with van der Waals surface area (Å²) in [6.45, 7) is 2.40. The lowest BCUT2D eigenvalue weighted by atomic mass is 10.1. The molecule has 0 amide bonds. The van der Waals surface area contributed by atoms with Crippen LogP contribution in [0.1, 0.15) is 68.4 Å². The molecule has 0 N–H and O–H groups in total. The lowest BCUT2D eigenvalue weighted by molar-refractivity contribution is 0.0396. The van der Waals surface area contributed by atoms with Crippen LogP contribution >= 0.6 is 0 Å². The average Bonchev–Trinajstić information content (AvgIpc) is 2.86. The van der Waals surface area contributed by atoms with Gasteiger partial charge in [0.2, 0.25) is 0 Å². The Hall–Kier alpha value is -3.73. The maximum absolute atomic E-state index is 12.5. The van der Waals surface area contributed by atoms with Gasteiger partial charge in [0, 0.05) is 0 Å². The molecular formula is C28H28O5. The number of ether oxygens (including phenoxy) is 2. The molecule has 5 nitrogen and oxygen atoms in total. The maximum atomic E-state index is 12.5. The molecule has 3 rings (SSSR count). The van der Waals surface area contributed by atoms with Crippen LogP contribution in [0.15, 0.2) is 78.9 Å². The Morgan fingerprint density at radius 1 is 0.636 bits per heavy atom. The predicted octanol–water partition coefficient (Wildman–Crippen LogP) is 5.82. The highest BCUT2D eigenvalue weighted by molar-refractivity contribution is 6.02. The fourth-order valence-electron chi connectivity index (χ4n) is 3.34. The SMILES string of the molecule is CCCCc1ccc(C(=O)OC(=O)c2cccc(CCCOC(=O)c3ccccc3)c2)cc1. The van der Waals surface area contributed by atoms with E-state index in [1.165, 1.54) is 0 Å². The van der Waals surface area contributed by atoms with Crippen molar-refractivity contribution in [2.24, 2.45) is 0 Å². The van der Waals surface area contributed by atoms with E-state index in [-0.39, 0.29) is 12.6 Å². The van der Waals surface area contributed by atoms with Crippen molar-refractivity contribution < 1.29 is 23.9 Å². The van der Waals surface area contributed by atoms with Crippen molar-refractivity contribution in [3.8, 4) is 0 Å². The van der Waals surface area contributed by atoms with Gasteiger partial charge in [-0.1, -0.05) is 55.8 Å². The zero-order chi connectivity index (χ0) is 23.5. The van der Waals surface area contributed by atoms with Gasteiger partial charge in [-0.2, -0.15) is 0 Å². The normalized spacial score (nSPS) is 10.5. The molecule has 0 spiro atoms. The highest BCUT2D eigenvalue weighted by atomic mass is 16.6. The van der Waals surface area contributed by atoms with Gasteiger partial charge >= 0.3 is 17.9 Å². The Morgan fingerprint density at radius 2 is 1.27 bits per heavy atom. The molecule has 0 saturated carbocycles. The fraction of sp³-hybridized carbons (Fsp3) is 0.250. The molecule has 0 fully saturated rings. The first-order valence-electron chi connectivity index (χ1n) is 11.2. The molecule has 0 aromatic heterocycles. The highest BCUT2D eigenvalue weighted by Crippen LogP contribution is 2.13. The smallest absolute Gasteiger partial charge is 0.346 e. The number of rotatable bonds is 10. The van der Waals surface area contributed by atoms with Crippen molar-refractivity contribution in [1.82, 2.24) is 0 Å². The number of esters is 3. The summed E-state index contributed by atoms with van der Waals surface area (Å²) in [7, 11) is 0. The summed E-state index contributed by atoms with van der Waals surface area (Å²) < 4.78 is 10.3. The monoisotopic (exact) mass is 444 g/mol. The molecule has 0 aliphatic carbocycles. The molecule has 33 heavy (non-hydrogen) atoms. The van der Waals surface area contributed by atoms with Gasteiger partial charge in [-0.25, -0.2) is 14.4 Å². The van der Waals surface area contributed by atoms with Crippen molar-refractivity contribution in [3.63, 3.8) is 0 Å².